The van der Waals surface area contributed by atoms with Gasteiger partial charge in [-0.2, -0.15) is 0 Å². The van der Waals surface area contributed by atoms with Gasteiger partial charge in [0.2, 0.25) is 0 Å². The van der Waals surface area contributed by atoms with E-state index in [9.17, 15) is 4.79 Å². The van der Waals surface area contributed by atoms with Crippen molar-refractivity contribution in [1.82, 2.24) is 5.32 Å². The molecule has 2 rings (SSSR count). The number of nitrogens with one attached hydrogen (secondary N) is 1. The first-order valence-electron chi connectivity index (χ1n) is 7.23. The molecule has 2 unspecified atom stereocenters. The topological polar surface area (TPSA) is 47.6 Å². The Balaban J connectivity index is 1.70. The summed E-state index contributed by atoms with van der Waals surface area (Å²) in [6.45, 7) is 5.91. The molecule has 0 radical (unpaired) electrons. The second kappa shape index (κ2) is 6.02. The highest BCUT2D eigenvalue weighted by molar-refractivity contribution is 5.69. The molecular weight excluding hydrogens is 230 g/mol. The van der Waals surface area contributed by atoms with Gasteiger partial charge in [-0.3, -0.25) is 4.79 Å². The second-order valence-electron chi connectivity index (χ2n) is 5.33. The van der Waals surface area contributed by atoms with E-state index in [1.54, 1.807) is 0 Å². The SMILES string of the molecule is CCOC(=O)CCNC1CC(OCC)C12CCC2. The second-order valence-corrected chi connectivity index (χ2v) is 5.33. The van der Waals surface area contributed by atoms with Gasteiger partial charge in [0, 0.05) is 24.6 Å². The van der Waals surface area contributed by atoms with Crippen LogP contribution in [0.1, 0.15) is 46.0 Å². The molecule has 18 heavy (non-hydrogen) atoms. The van der Waals surface area contributed by atoms with Crippen LogP contribution in [0.3, 0.4) is 0 Å². The number of hydrogen-bond donors (Lipinski definition) is 1. The molecule has 0 saturated heterocycles. The number of hydrogen-bond acceptors (Lipinski definition) is 4. The van der Waals surface area contributed by atoms with Crippen LogP contribution in [0, 0.1) is 5.41 Å². The van der Waals surface area contributed by atoms with Crippen LogP contribution in [-0.4, -0.2) is 37.9 Å². The summed E-state index contributed by atoms with van der Waals surface area (Å²) >= 11 is 0. The van der Waals surface area contributed by atoms with E-state index in [1.807, 2.05) is 6.92 Å². The van der Waals surface area contributed by atoms with E-state index in [2.05, 4.69) is 12.2 Å². The van der Waals surface area contributed by atoms with E-state index < -0.39 is 0 Å². The molecule has 104 valence electrons. The molecule has 2 aliphatic carbocycles. The summed E-state index contributed by atoms with van der Waals surface area (Å²) in [4.78, 5) is 11.3. The first-order valence-corrected chi connectivity index (χ1v) is 7.23. The number of esters is 1. The van der Waals surface area contributed by atoms with Crippen LogP contribution in [0.5, 0.6) is 0 Å². The van der Waals surface area contributed by atoms with Gasteiger partial charge in [0.05, 0.1) is 19.1 Å². The number of ether oxygens (including phenoxy) is 2. The van der Waals surface area contributed by atoms with Gasteiger partial charge in [-0.15, -0.1) is 0 Å². The molecule has 1 N–H and O–H groups in total. The fourth-order valence-corrected chi connectivity index (χ4v) is 3.31. The largest absolute Gasteiger partial charge is 0.466 e. The van der Waals surface area contributed by atoms with Gasteiger partial charge in [0.1, 0.15) is 0 Å². The van der Waals surface area contributed by atoms with Gasteiger partial charge in [0.15, 0.2) is 0 Å². The zero-order valence-corrected chi connectivity index (χ0v) is 11.5. The molecule has 2 saturated carbocycles. The van der Waals surface area contributed by atoms with Crippen molar-refractivity contribution in [3.63, 3.8) is 0 Å². The molecular formula is C14H25NO3. The Kier molecular flexibility index (Phi) is 4.62. The molecule has 2 fully saturated rings. The van der Waals surface area contributed by atoms with Crippen molar-refractivity contribution in [2.24, 2.45) is 5.41 Å². The summed E-state index contributed by atoms with van der Waals surface area (Å²) < 4.78 is 10.7. The van der Waals surface area contributed by atoms with Crippen molar-refractivity contribution in [3.05, 3.63) is 0 Å². The highest BCUT2D eigenvalue weighted by Crippen LogP contribution is 2.57. The number of carbonyl (C=O) groups excluding carboxylic acids is 1. The average molecular weight is 255 g/mol. The average Bonchev–Trinajstić information content (AvgIpc) is 2.24. The van der Waals surface area contributed by atoms with E-state index in [1.165, 1.54) is 19.3 Å². The number of rotatable bonds is 7. The fraction of sp³-hybridized carbons (Fsp3) is 0.929. The Morgan fingerprint density at radius 2 is 2.11 bits per heavy atom. The van der Waals surface area contributed by atoms with Crippen LogP contribution in [-0.2, 0) is 14.3 Å². The van der Waals surface area contributed by atoms with Crippen LogP contribution < -0.4 is 5.32 Å². The predicted molar refractivity (Wildman–Crippen MR) is 69.4 cm³/mol. The zero-order valence-electron chi connectivity index (χ0n) is 11.5. The molecule has 0 aromatic heterocycles. The van der Waals surface area contributed by atoms with Gasteiger partial charge in [-0.05, 0) is 33.1 Å². The lowest BCUT2D eigenvalue weighted by Gasteiger charge is -2.61. The Hall–Kier alpha value is -0.610. The lowest BCUT2D eigenvalue weighted by molar-refractivity contribution is -0.173. The van der Waals surface area contributed by atoms with E-state index in [0.29, 0.717) is 30.6 Å². The van der Waals surface area contributed by atoms with Crippen LogP contribution >= 0.6 is 0 Å². The maximum Gasteiger partial charge on any atom is 0.307 e. The summed E-state index contributed by atoms with van der Waals surface area (Å²) in [5.74, 6) is -0.103. The summed E-state index contributed by atoms with van der Waals surface area (Å²) in [5.41, 5.74) is 0.380. The highest BCUT2D eigenvalue weighted by atomic mass is 16.5. The molecule has 0 aliphatic heterocycles. The predicted octanol–water partition coefficient (Wildman–Crippen LogP) is 1.88. The van der Waals surface area contributed by atoms with Crippen LogP contribution in [0.25, 0.3) is 0 Å². The Morgan fingerprint density at radius 1 is 1.33 bits per heavy atom. The van der Waals surface area contributed by atoms with Crippen molar-refractivity contribution < 1.29 is 14.3 Å². The highest BCUT2D eigenvalue weighted by Gasteiger charge is 2.58. The molecule has 0 aromatic carbocycles. The molecule has 0 amide bonds. The molecule has 1 spiro atoms. The minimum Gasteiger partial charge on any atom is -0.466 e. The third-order valence-corrected chi connectivity index (χ3v) is 4.46. The minimum atomic E-state index is -0.103. The van der Waals surface area contributed by atoms with E-state index in [-0.39, 0.29) is 5.97 Å². The Bertz CT molecular complexity index is 289. The Labute approximate surface area is 109 Å². The normalized spacial score (nSPS) is 28.6. The molecule has 2 atom stereocenters. The quantitative estimate of drug-likeness (QED) is 0.706. The molecule has 0 heterocycles. The lowest BCUT2D eigenvalue weighted by atomic mass is 9.51. The summed E-state index contributed by atoms with van der Waals surface area (Å²) in [7, 11) is 0. The third-order valence-electron chi connectivity index (χ3n) is 4.46. The maximum atomic E-state index is 11.3. The smallest absolute Gasteiger partial charge is 0.307 e. The first kappa shape index (κ1) is 13.8. The molecule has 0 bridgehead atoms. The van der Waals surface area contributed by atoms with Crippen molar-refractivity contribution in [3.8, 4) is 0 Å². The first-order chi connectivity index (χ1) is 8.73. The third kappa shape index (κ3) is 2.54. The lowest BCUT2D eigenvalue weighted by Crippen LogP contribution is -2.67. The summed E-state index contributed by atoms with van der Waals surface area (Å²) in [6.07, 6.45) is 5.87. The van der Waals surface area contributed by atoms with Gasteiger partial charge in [0.25, 0.3) is 0 Å². The van der Waals surface area contributed by atoms with E-state index in [4.69, 9.17) is 9.47 Å². The monoisotopic (exact) mass is 255 g/mol. The van der Waals surface area contributed by atoms with Gasteiger partial charge in [-0.1, -0.05) is 6.42 Å². The standard InChI is InChI=1S/C14H25NO3/c1-3-17-12-10-11(14(12)7-5-8-14)15-9-6-13(16)18-4-2/h11-12,15H,3-10H2,1-2H3. The zero-order chi connectivity index (χ0) is 13.0. The van der Waals surface area contributed by atoms with Crippen LogP contribution in [0.4, 0.5) is 0 Å². The van der Waals surface area contributed by atoms with Gasteiger partial charge >= 0.3 is 5.97 Å². The molecule has 4 heteroatoms. The number of carbonyl (C=O) groups is 1. The van der Waals surface area contributed by atoms with Gasteiger partial charge in [-0.25, -0.2) is 0 Å². The molecule has 2 aliphatic rings. The van der Waals surface area contributed by atoms with Crippen LogP contribution in [0.2, 0.25) is 0 Å². The van der Waals surface area contributed by atoms with Gasteiger partial charge < -0.3 is 14.8 Å². The van der Waals surface area contributed by atoms with Crippen molar-refractivity contribution >= 4 is 5.97 Å². The van der Waals surface area contributed by atoms with Crippen molar-refractivity contribution in [2.45, 2.75) is 58.1 Å². The van der Waals surface area contributed by atoms with E-state index >= 15 is 0 Å². The minimum absolute atomic E-state index is 0.103. The molecule has 4 nitrogen and oxygen atoms in total. The Morgan fingerprint density at radius 3 is 2.67 bits per heavy atom. The summed E-state index contributed by atoms with van der Waals surface area (Å²) in [6, 6.07) is 0.539. The van der Waals surface area contributed by atoms with E-state index in [0.717, 1.165) is 19.6 Å². The fourth-order valence-electron chi connectivity index (χ4n) is 3.31. The van der Waals surface area contributed by atoms with Crippen molar-refractivity contribution in [2.75, 3.05) is 19.8 Å². The van der Waals surface area contributed by atoms with Crippen molar-refractivity contribution in [1.29, 1.82) is 0 Å². The van der Waals surface area contributed by atoms with Crippen LogP contribution in [0.15, 0.2) is 0 Å². The maximum absolute atomic E-state index is 11.3. The summed E-state index contributed by atoms with van der Waals surface area (Å²) in [5, 5.41) is 3.51. The molecule has 0 aromatic rings.